The SMILES string of the molecule is O=C(O)[C@@H](OCc1ccc(F)cc1)[C@@H]1OC(CO)[C@H](O)[C@H](n2cc(-c3cc(F)c(F)c(F)c3)nn2)C1O. The van der Waals surface area contributed by atoms with E-state index in [1.54, 1.807) is 0 Å². The summed E-state index contributed by atoms with van der Waals surface area (Å²) in [5, 5.41) is 48.6. The van der Waals surface area contributed by atoms with E-state index < -0.39 is 72.4 Å². The van der Waals surface area contributed by atoms with E-state index in [9.17, 15) is 42.8 Å². The summed E-state index contributed by atoms with van der Waals surface area (Å²) in [6, 6.07) is 4.94. The molecule has 1 aliphatic rings. The predicted molar refractivity (Wildman–Crippen MR) is 115 cm³/mol. The lowest BCUT2D eigenvalue weighted by Crippen LogP contribution is -2.60. The zero-order chi connectivity index (χ0) is 26.9. The molecular weight excluding hydrogens is 506 g/mol. The van der Waals surface area contributed by atoms with Gasteiger partial charge in [0.25, 0.3) is 0 Å². The van der Waals surface area contributed by atoms with Crippen molar-refractivity contribution in [2.75, 3.05) is 6.61 Å². The molecule has 3 aromatic rings. The maximum atomic E-state index is 13.7. The Balaban J connectivity index is 1.61. The second-order valence-electron chi connectivity index (χ2n) is 8.33. The molecule has 4 N–H and O–H groups in total. The number of ether oxygens (including phenoxy) is 2. The van der Waals surface area contributed by atoms with Crippen LogP contribution in [0.2, 0.25) is 0 Å². The molecule has 37 heavy (non-hydrogen) atoms. The Hall–Kier alpha value is -3.43. The fraction of sp³-hybridized carbons (Fsp3) is 0.348. The highest BCUT2D eigenvalue weighted by Gasteiger charge is 2.50. The second-order valence-corrected chi connectivity index (χ2v) is 8.33. The smallest absolute Gasteiger partial charge is 0.335 e. The van der Waals surface area contributed by atoms with Crippen molar-refractivity contribution in [1.82, 2.24) is 15.0 Å². The van der Waals surface area contributed by atoms with Gasteiger partial charge >= 0.3 is 5.97 Å². The Labute approximate surface area is 206 Å². The van der Waals surface area contributed by atoms with Crippen LogP contribution in [0.25, 0.3) is 11.3 Å². The van der Waals surface area contributed by atoms with Gasteiger partial charge in [0.05, 0.1) is 19.4 Å². The first-order valence-electron chi connectivity index (χ1n) is 10.9. The van der Waals surface area contributed by atoms with Crippen LogP contribution in [0.4, 0.5) is 17.6 Å². The van der Waals surface area contributed by atoms with E-state index in [1.165, 1.54) is 12.1 Å². The number of benzene rings is 2. The summed E-state index contributed by atoms with van der Waals surface area (Å²) < 4.78 is 65.6. The van der Waals surface area contributed by atoms with Crippen LogP contribution in [0.3, 0.4) is 0 Å². The summed E-state index contributed by atoms with van der Waals surface area (Å²) in [5.41, 5.74) is 0.0797. The minimum atomic E-state index is -1.80. The number of rotatable bonds is 8. The van der Waals surface area contributed by atoms with Crippen molar-refractivity contribution in [1.29, 1.82) is 0 Å². The molecule has 0 bridgehead atoms. The Bertz CT molecular complexity index is 1240. The monoisotopic (exact) mass is 527 g/mol. The molecule has 2 aromatic carbocycles. The molecule has 14 heteroatoms. The summed E-state index contributed by atoms with van der Waals surface area (Å²) in [6.07, 6.45) is -7.13. The number of carbonyl (C=O) groups is 1. The third-order valence-electron chi connectivity index (χ3n) is 5.91. The number of carboxylic acids is 1. The van der Waals surface area contributed by atoms with Crippen LogP contribution in [-0.4, -0.2) is 78.5 Å². The van der Waals surface area contributed by atoms with Gasteiger partial charge in [-0.1, -0.05) is 17.3 Å². The predicted octanol–water partition coefficient (Wildman–Crippen LogP) is 1.19. The van der Waals surface area contributed by atoms with Gasteiger partial charge in [-0.3, -0.25) is 0 Å². The molecule has 1 aliphatic heterocycles. The summed E-state index contributed by atoms with van der Waals surface area (Å²) in [7, 11) is 0. The standard InChI is InChI=1S/C23H21F4N3O7/c24-12-3-1-10(2-4-12)9-36-22(23(34)35)21-20(33)18(19(32)16(8-31)37-21)30-7-15(28-29-30)11-5-13(25)17(27)14(26)6-11/h1-7,16,18-22,31-33H,8-9H2,(H,34,35)/t16?,18-,19-,20?,21+,22-/m0/s1. The van der Waals surface area contributed by atoms with Gasteiger partial charge in [-0.05, 0) is 29.8 Å². The Morgan fingerprint density at radius 1 is 1.08 bits per heavy atom. The van der Waals surface area contributed by atoms with Crippen LogP contribution in [0.15, 0.2) is 42.6 Å². The normalized spacial score (nSPS) is 24.7. The second kappa shape index (κ2) is 10.9. The first-order valence-corrected chi connectivity index (χ1v) is 10.9. The van der Waals surface area contributed by atoms with Crippen molar-refractivity contribution in [2.24, 2.45) is 0 Å². The largest absolute Gasteiger partial charge is 0.479 e. The highest BCUT2D eigenvalue weighted by atomic mass is 19.2. The van der Waals surface area contributed by atoms with Crippen molar-refractivity contribution in [3.8, 4) is 11.3 Å². The van der Waals surface area contributed by atoms with Crippen LogP contribution >= 0.6 is 0 Å². The number of aliphatic carboxylic acids is 1. The van der Waals surface area contributed by atoms with Gasteiger partial charge in [0.1, 0.15) is 42.0 Å². The number of hydrogen-bond donors (Lipinski definition) is 4. The highest BCUT2D eigenvalue weighted by molar-refractivity contribution is 5.73. The highest BCUT2D eigenvalue weighted by Crippen LogP contribution is 2.33. The zero-order valence-electron chi connectivity index (χ0n) is 18.8. The van der Waals surface area contributed by atoms with Gasteiger partial charge in [-0.25, -0.2) is 27.0 Å². The molecule has 4 rings (SSSR count). The first kappa shape index (κ1) is 26.6. The Morgan fingerprint density at radius 3 is 2.32 bits per heavy atom. The number of hydrogen-bond acceptors (Lipinski definition) is 8. The summed E-state index contributed by atoms with van der Waals surface area (Å²) in [4.78, 5) is 12.0. The summed E-state index contributed by atoms with van der Waals surface area (Å²) in [5.74, 6) is -6.67. The van der Waals surface area contributed by atoms with E-state index in [0.29, 0.717) is 17.7 Å². The minimum absolute atomic E-state index is 0.150. The van der Waals surface area contributed by atoms with E-state index >= 15 is 0 Å². The van der Waals surface area contributed by atoms with Gasteiger partial charge in [-0.15, -0.1) is 5.10 Å². The molecule has 198 valence electrons. The van der Waals surface area contributed by atoms with Crippen molar-refractivity contribution in [2.45, 2.75) is 43.2 Å². The Morgan fingerprint density at radius 2 is 1.73 bits per heavy atom. The molecule has 10 nitrogen and oxygen atoms in total. The van der Waals surface area contributed by atoms with E-state index in [-0.39, 0.29) is 17.9 Å². The molecule has 2 unspecified atom stereocenters. The fourth-order valence-corrected chi connectivity index (χ4v) is 4.02. The van der Waals surface area contributed by atoms with Crippen LogP contribution in [0.5, 0.6) is 0 Å². The molecule has 1 fully saturated rings. The average Bonchev–Trinajstić information content (AvgIpc) is 3.34. The molecular formula is C23H21F4N3O7. The van der Waals surface area contributed by atoms with Gasteiger partial charge in [0, 0.05) is 5.56 Å². The van der Waals surface area contributed by atoms with E-state index in [4.69, 9.17) is 9.47 Å². The lowest BCUT2D eigenvalue weighted by atomic mass is 9.90. The first-order chi connectivity index (χ1) is 17.6. The van der Waals surface area contributed by atoms with Gasteiger partial charge in [0.15, 0.2) is 23.6 Å². The molecule has 2 heterocycles. The van der Waals surface area contributed by atoms with Gasteiger partial charge in [-0.2, -0.15) is 0 Å². The van der Waals surface area contributed by atoms with E-state index in [1.807, 2.05) is 0 Å². The molecule has 1 saturated heterocycles. The maximum absolute atomic E-state index is 13.7. The van der Waals surface area contributed by atoms with Crippen molar-refractivity contribution in [3.63, 3.8) is 0 Å². The fourth-order valence-electron chi connectivity index (χ4n) is 4.02. The van der Waals surface area contributed by atoms with Gasteiger partial charge in [0.2, 0.25) is 0 Å². The third-order valence-corrected chi connectivity index (χ3v) is 5.91. The number of nitrogens with zero attached hydrogens (tertiary/aromatic N) is 3. The topological polar surface area (TPSA) is 147 Å². The lowest BCUT2D eigenvalue weighted by Gasteiger charge is -2.43. The molecule has 0 aliphatic carbocycles. The van der Waals surface area contributed by atoms with Crippen molar-refractivity contribution in [3.05, 3.63) is 71.4 Å². The van der Waals surface area contributed by atoms with E-state index in [0.717, 1.165) is 23.0 Å². The molecule has 0 radical (unpaired) electrons. The zero-order valence-corrected chi connectivity index (χ0v) is 18.8. The third kappa shape index (κ3) is 5.47. The lowest BCUT2D eigenvalue weighted by molar-refractivity contribution is -0.238. The van der Waals surface area contributed by atoms with Crippen LogP contribution < -0.4 is 0 Å². The number of carboxylic acid groups (broad SMARTS) is 1. The van der Waals surface area contributed by atoms with E-state index in [2.05, 4.69) is 10.3 Å². The number of aromatic nitrogens is 3. The van der Waals surface area contributed by atoms with Crippen molar-refractivity contribution >= 4 is 5.97 Å². The summed E-state index contributed by atoms with van der Waals surface area (Å²) >= 11 is 0. The molecule has 0 amide bonds. The van der Waals surface area contributed by atoms with Crippen molar-refractivity contribution < 1.29 is 52.3 Å². The van der Waals surface area contributed by atoms with Crippen LogP contribution in [0, 0.1) is 23.3 Å². The maximum Gasteiger partial charge on any atom is 0.335 e. The van der Waals surface area contributed by atoms with Gasteiger partial charge < -0.3 is 29.9 Å². The molecule has 6 atom stereocenters. The van der Waals surface area contributed by atoms with Crippen LogP contribution in [-0.2, 0) is 20.9 Å². The average molecular weight is 527 g/mol. The quantitative estimate of drug-likeness (QED) is 0.251. The summed E-state index contributed by atoms with van der Waals surface area (Å²) in [6.45, 7) is -1.07. The molecule has 0 saturated carbocycles. The van der Waals surface area contributed by atoms with Crippen LogP contribution in [0.1, 0.15) is 11.6 Å². The number of aliphatic hydroxyl groups excluding tert-OH is 3. The Kier molecular flexibility index (Phi) is 7.85. The minimum Gasteiger partial charge on any atom is -0.479 e. The number of halogens is 4. The number of aliphatic hydroxyl groups is 3. The molecule has 0 spiro atoms. The molecule has 1 aromatic heterocycles.